The molecule has 0 saturated heterocycles. The number of hydrogen-bond donors (Lipinski definition) is 0. The zero-order chi connectivity index (χ0) is 6.57. The van der Waals surface area contributed by atoms with Crippen molar-refractivity contribution in [3.05, 3.63) is 25.3 Å². The second kappa shape index (κ2) is 3.32. The van der Waals surface area contributed by atoms with Gasteiger partial charge in [-0.3, -0.25) is 0 Å². The van der Waals surface area contributed by atoms with Crippen LogP contribution in [-0.2, 0) is 0 Å². The molecule has 0 aliphatic heterocycles. The summed E-state index contributed by atoms with van der Waals surface area (Å²) >= 11 is 0. The first kappa shape index (κ1) is 7.30. The normalized spacial score (nSPS) is 10.0. The maximum absolute atomic E-state index is 11.4. The van der Waals surface area contributed by atoms with Gasteiger partial charge in [-0.2, -0.15) is 0 Å². The molecule has 0 aromatic heterocycles. The predicted molar refractivity (Wildman–Crippen MR) is 28.2 cm³/mol. The zero-order valence-corrected chi connectivity index (χ0v) is 4.35. The summed E-state index contributed by atoms with van der Waals surface area (Å²) in [6.45, 7) is 6.32. The molecule has 0 rings (SSSR count). The van der Waals surface area contributed by atoms with Gasteiger partial charge in [0.25, 0.3) is 0 Å². The van der Waals surface area contributed by atoms with Crippen LogP contribution in [0.1, 0.15) is 0 Å². The maximum Gasteiger partial charge on any atom is 0.109 e. The van der Waals surface area contributed by atoms with Gasteiger partial charge in [0, 0.05) is 5.34 Å². The van der Waals surface area contributed by atoms with Crippen LogP contribution < -0.4 is 0 Å². The molecular weight excluding hydrogens is 112 g/mol. The SMILES string of the molecule is C=CC(C=C)N(F)F. The minimum absolute atomic E-state index is 0.958. The molecule has 8 heavy (non-hydrogen) atoms. The molecule has 0 amide bonds. The van der Waals surface area contributed by atoms with Crippen molar-refractivity contribution in [1.82, 2.24) is 5.34 Å². The van der Waals surface area contributed by atoms with Crippen LogP contribution in [0, 0.1) is 0 Å². The molecule has 0 fully saturated rings. The number of nitrogens with zero attached hydrogens (tertiary/aromatic N) is 1. The van der Waals surface area contributed by atoms with Gasteiger partial charge in [0.15, 0.2) is 0 Å². The lowest BCUT2D eigenvalue weighted by atomic mass is 10.3. The summed E-state index contributed by atoms with van der Waals surface area (Å²) in [5.74, 6) is 0. The van der Waals surface area contributed by atoms with Crippen LogP contribution in [0.25, 0.3) is 0 Å². The van der Waals surface area contributed by atoms with Crippen LogP contribution in [0.5, 0.6) is 0 Å². The third-order valence-electron chi connectivity index (χ3n) is 0.708. The van der Waals surface area contributed by atoms with E-state index in [4.69, 9.17) is 0 Å². The van der Waals surface area contributed by atoms with Gasteiger partial charge in [-0.05, 0) is 0 Å². The number of halogens is 2. The second-order valence-electron chi connectivity index (χ2n) is 1.22. The van der Waals surface area contributed by atoms with Crippen molar-refractivity contribution in [2.24, 2.45) is 0 Å². The first-order valence-corrected chi connectivity index (χ1v) is 2.08. The molecule has 0 N–H and O–H groups in total. The Balaban J connectivity index is 3.68. The fourth-order valence-corrected chi connectivity index (χ4v) is 0.256. The summed E-state index contributed by atoms with van der Waals surface area (Å²) in [6, 6.07) is -1.02. The number of rotatable bonds is 3. The molecule has 0 bridgehead atoms. The summed E-state index contributed by atoms with van der Waals surface area (Å²) in [7, 11) is 0. The molecule has 0 spiro atoms. The summed E-state index contributed by atoms with van der Waals surface area (Å²) in [4.78, 5) is 0. The summed E-state index contributed by atoms with van der Waals surface area (Å²) in [6.07, 6.45) is 2.21. The van der Waals surface area contributed by atoms with Gasteiger partial charge >= 0.3 is 0 Å². The fourth-order valence-electron chi connectivity index (χ4n) is 0.256. The fraction of sp³-hybridized carbons (Fsp3) is 0.200. The Morgan fingerprint density at radius 3 is 1.62 bits per heavy atom. The Bertz CT molecular complexity index is 82.4. The van der Waals surface area contributed by atoms with E-state index in [1.807, 2.05) is 0 Å². The standard InChI is InChI=1S/C5H7F2N/c1-3-5(4-2)8(6)7/h3-5H,1-2H2. The van der Waals surface area contributed by atoms with Crippen LogP contribution in [0.3, 0.4) is 0 Å². The third-order valence-corrected chi connectivity index (χ3v) is 0.708. The van der Waals surface area contributed by atoms with Crippen LogP contribution in [0.4, 0.5) is 8.96 Å². The maximum atomic E-state index is 11.4. The van der Waals surface area contributed by atoms with E-state index in [1.165, 1.54) is 0 Å². The molecule has 0 aliphatic carbocycles. The highest BCUT2D eigenvalue weighted by Crippen LogP contribution is 2.01. The smallest absolute Gasteiger partial charge is 0.101 e. The highest BCUT2D eigenvalue weighted by Gasteiger charge is 2.07. The Morgan fingerprint density at radius 1 is 1.25 bits per heavy atom. The van der Waals surface area contributed by atoms with Crippen LogP contribution in [0.15, 0.2) is 25.3 Å². The predicted octanol–water partition coefficient (Wildman–Crippen LogP) is 1.80. The van der Waals surface area contributed by atoms with Crippen molar-refractivity contribution in [1.29, 1.82) is 0 Å². The van der Waals surface area contributed by atoms with Crippen molar-refractivity contribution in [3.8, 4) is 0 Å². The van der Waals surface area contributed by atoms with Gasteiger partial charge < -0.3 is 0 Å². The van der Waals surface area contributed by atoms with E-state index in [9.17, 15) is 8.96 Å². The first-order chi connectivity index (χ1) is 3.72. The molecule has 0 aliphatic rings. The Hall–Kier alpha value is -0.700. The molecule has 0 heterocycles. The monoisotopic (exact) mass is 119 g/mol. The highest BCUT2D eigenvalue weighted by atomic mass is 19.4. The van der Waals surface area contributed by atoms with E-state index in [-0.39, 0.29) is 0 Å². The van der Waals surface area contributed by atoms with Gasteiger partial charge in [0.1, 0.15) is 6.04 Å². The Morgan fingerprint density at radius 2 is 1.62 bits per heavy atom. The second-order valence-corrected chi connectivity index (χ2v) is 1.22. The number of hydrogen-bond acceptors (Lipinski definition) is 1. The van der Waals surface area contributed by atoms with Gasteiger partial charge in [-0.25, -0.2) is 0 Å². The molecule has 0 atom stereocenters. The van der Waals surface area contributed by atoms with Crippen molar-refractivity contribution in [2.75, 3.05) is 0 Å². The van der Waals surface area contributed by atoms with E-state index in [0.29, 0.717) is 0 Å². The van der Waals surface area contributed by atoms with Crippen LogP contribution in [0.2, 0.25) is 0 Å². The van der Waals surface area contributed by atoms with Crippen molar-refractivity contribution < 1.29 is 8.96 Å². The van der Waals surface area contributed by atoms with E-state index >= 15 is 0 Å². The lowest BCUT2D eigenvalue weighted by Crippen LogP contribution is -2.14. The minimum atomic E-state index is -1.02. The first-order valence-electron chi connectivity index (χ1n) is 2.08. The van der Waals surface area contributed by atoms with Crippen molar-refractivity contribution in [2.45, 2.75) is 6.04 Å². The highest BCUT2D eigenvalue weighted by molar-refractivity contribution is 4.95. The summed E-state index contributed by atoms with van der Waals surface area (Å²) in [5.41, 5.74) is 0. The molecular formula is C5H7F2N. The zero-order valence-electron chi connectivity index (χ0n) is 4.35. The van der Waals surface area contributed by atoms with Gasteiger partial charge in [-0.1, -0.05) is 12.2 Å². The van der Waals surface area contributed by atoms with Gasteiger partial charge in [0.2, 0.25) is 0 Å². The molecule has 0 aromatic carbocycles. The topological polar surface area (TPSA) is 3.24 Å². The van der Waals surface area contributed by atoms with Crippen LogP contribution >= 0.6 is 0 Å². The lowest BCUT2D eigenvalue weighted by Gasteiger charge is -2.03. The molecule has 46 valence electrons. The van der Waals surface area contributed by atoms with Crippen LogP contribution in [-0.4, -0.2) is 11.4 Å². The quantitative estimate of drug-likeness (QED) is 0.404. The minimum Gasteiger partial charge on any atom is -0.101 e. The largest absolute Gasteiger partial charge is 0.109 e. The molecule has 1 nitrogen and oxygen atoms in total. The molecule has 3 heteroatoms. The van der Waals surface area contributed by atoms with E-state index in [0.717, 1.165) is 12.2 Å². The average Bonchev–Trinajstić information content (AvgIpc) is 1.69. The van der Waals surface area contributed by atoms with Crippen molar-refractivity contribution in [3.63, 3.8) is 0 Å². The van der Waals surface area contributed by atoms with E-state index < -0.39 is 11.4 Å². The molecule has 0 unspecified atom stereocenters. The lowest BCUT2D eigenvalue weighted by molar-refractivity contribution is -0.162. The van der Waals surface area contributed by atoms with E-state index in [1.54, 1.807) is 0 Å². The molecule has 0 saturated carbocycles. The summed E-state index contributed by atoms with van der Waals surface area (Å²) in [5, 5.41) is -0.958. The van der Waals surface area contributed by atoms with E-state index in [2.05, 4.69) is 13.2 Å². The van der Waals surface area contributed by atoms with Crippen molar-refractivity contribution >= 4 is 0 Å². The molecule has 0 radical (unpaired) electrons. The average molecular weight is 119 g/mol. The summed E-state index contributed by atoms with van der Waals surface area (Å²) < 4.78 is 22.8. The third kappa shape index (κ3) is 1.84. The molecule has 0 aromatic rings. The van der Waals surface area contributed by atoms with Gasteiger partial charge in [-0.15, -0.1) is 22.1 Å². The Kier molecular flexibility index (Phi) is 3.03. The van der Waals surface area contributed by atoms with Gasteiger partial charge in [0.05, 0.1) is 0 Å². The Labute approximate surface area is 46.8 Å².